The van der Waals surface area contributed by atoms with E-state index in [1.54, 1.807) is 0 Å². The van der Waals surface area contributed by atoms with Crippen molar-refractivity contribution in [2.45, 2.75) is 12.5 Å². The van der Waals surface area contributed by atoms with Crippen LogP contribution < -0.4 is 5.73 Å². The Balaban J connectivity index is 2.93. The van der Waals surface area contributed by atoms with Crippen LogP contribution in [0.15, 0.2) is 0 Å². The lowest BCUT2D eigenvalue weighted by Gasteiger charge is -2.29. The fourth-order valence-corrected chi connectivity index (χ4v) is 3.95. The van der Waals surface area contributed by atoms with Crippen molar-refractivity contribution in [2.24, 2.45) is 11.1 Å². The number of carbonyl (C=O) groups is 1. The second kappa shape index (κ2) is 4.07. The van der Waals surface area contributed by atoms with Crippen LogP contribution in [0.25, 0.3) is 0 Å². The molecule has 88 valence electrons. The van der Waals surface area contributed by atoms with E-state index in [4.69, 9.17) is 5.73 Å². The molecule has 2 atom stereocenters. The molecule has 0 radical (unpaired) electrons. The van der Waals surface area contributed by atoms with Gasteiger partial charge >= 0.3 is 5.97 Å². The molecule has 1 rings (SSSR count). The van der Waals surface area contributed by atoms with Gasteiger partial charge in [0.2, 0.25) is 0 Å². The molecule has 0 aliphatic carbocycles. The first-order valence-electron chi connectivity index (χ1n) is 4.53. The van der Waals surface area contributed by atoms with Crippen LogP contribution in [0.2, 0.25) is 0 Å². The van der Waals surface area contributed by atoms with Crippen LogP contribution in [-0.4, -0.2) is 50.8 Å². The van der Waals surface area contributed by atoms with Gasteiger partial charge < -0.3 is 15.6 Å². The Hall–Kier alpha value is -0.660. The second-order valence-corrected chi connectivity index (χ2v) is 6.02. The Bertz CT molecular complexity index is 352. The fraction of sp³-hybridized carbons (Fsp3) is 0.875. The Morgan fingerprint density at radius 1 is 1.67 bits per heavy atom. The van der Waals surface area contributed by atoms with Crippen molar-refractivity contribution in [2.75, 3.05) is 25.2 Å². The molecule has 0 aromatic rings. The highest BCUT2D eigenvalue weighted by Crippen LogP contribution is 2.35. The number of sulfone groups is 1. The van der Waals surface area contributed by atoms with Crippen LogP contribution in [0.4, 0.5) is 0 Å². The summed E-state index contributed by atoms with van der Waals surface area (Å²) >= 11 is 0. The average Bonchev–Trinajstić information content (AvgIpc) is 2.53. The van der Waals surface area contributed by atoms with Gasteiger partial charge in [-0.3, -0.25) is 0 Å². The lowest BCUT2D eigenvalue weighted by Crippen LogP contribution is -2.47. The summed E-state index contributed by atoms with van der Waals surface area (Å²) in [6.07, 6.45) is -1.27. The zero-order valence-electron chi connectivity index (χ0n) is 8.47. The third-order valence-electron chi connectivity index (χ3n) is 2.83. The van der Waals surface area contributed by atoms with Gasteiger partial charge in [0.25, 0.3) is 0 Å². The quantitative estimate of drug-likeness (QED) is 0.566. The summed E-state index contributed by atoms with van der Waals surface area (Å²) in [5.41, 5.74) is 4.37. The minimum Gasteiger partial charge on any atom is -0.467 e. The summed E-state index contributed by atoms with van der Waals surface area (Å²) in [7, 11) is -2.06. The number of nitrogens with two attached hydrogens (primary N) is 1. The minimum atomic E-state index is -3.20. The zero-order valence-corrected chi connectivity index (χ0v) is 9.29. The largest absolute Gasteiger partial charge is 0.467 e. The number of carbonyl (C=O) groups excluding carboxylic acids is 1. The number of ether oxygens (including phenoxy) is 1. The number of hydrogen-bond donors (Lipinski definition) is 2. The zero-order chi connectivity index (χ0) is 11.7. The van der Waals surface area contributed by atoms with Crippen molar-refractivity contribution in [3.63, 3.8) is 0 Å². The van der Waals surface area contributed by atoms with Crippen LogP contribution in [0.3, 0.4) is 0 Å². The van der Waals surface area contributed by atoms with Gasteiger partial charge in [0.1, 0.15) is 0 Å². The van der Waals surface area contributed by atoms with Gasteiger partial charge in [-0.15, -0.1) is 0 Å². The summed E-state index contributed by atoms with van der Waals surface area (Å²) in [6.45, 7) is -0.0531. The first kappa shape index (κ1) is 12.4. The van der Waals surface area contributed by atoms with Crippen LogP contribution in [0.5, 0.6) is 0 Å². The normalized spacial score (nSPS) is 31.1. The van der Waals surface area contributed by atoms with Gasteiger partial charge in [0.05, 0.1) is 18.6 Å². The van der Waals surface area contributed by atoms with Crippen molar-refractivity contribution < 1.29 is 23.1 Å². The standard InChI is InChI=1S/C8H15NO5S/c1-14-7(11)6(10)8(4-9)2-3-15(12,13)5-8/h6,10H,2-5,9H2,1H3. The lowest BCUT2D eigenvalue weighted by atomic mass is 9.81. The Labute approximate surface area is 88.3 Å². The molecule has 1 aliphatic rings. The summed E-state index contributed by atoms with van der Waals surface area (Å²) < 4.78 is 27.0. The van der Waals surface area contributed by atoms with Crippen molar-refractivity contribution in [1.82, 2.24) is 0 Å². The predicted molar refractivity (Wildman–Crippen MR) is 52.8 cm³/mol. The van der Waals surface area contributed by atoms with E-state index >= 15 is 0 Å². The van der Waals surface area contributed by atoms with Crippen LogP contribution in [-0.2, 0) is 19.4 Å². The predicted octanol–water partition coefficient (Wildman–Crippen LogP) is -1.72. The van der Waals surface area contributed by atoms with E-state index < -0.39 is 27.3 Å². The van der Waals surface area contributed by atoms with Crippen molar-refractivity contribution in [3.05, 3.63) is 0 Å². The average molecular weight is 237 g/mol. The van der Waals surface area contributed by atoms with Crippen molar-refractivity contribution >= 4 is 15.8 Å². The first-order valence-corrected chi connectivity index (χ1v) is 6.35. The maximum absolute atomic E-state index is 11.3. The summed E-state index contributed by atoms with van der Waals surface area (Å²) in [5.74, 6) is -1.14. The highest BCUT2D eigenvalue weighted by Gasteiger charge is 2.49. The monoisotopic (exact) mass is 237 g/mol. The number of aliphatic hydroxyl groups is 1. The SMILES string of the molecule is COC(=O)C(O)C1(CN)CCS(=O)(=O)C1. The van der Waals surface area contributed by atoms with Crippen LogP contribution in [0.1, 0.15) is 6.42 Å². The minimum absolute atomic E-state index is 0.0434. The molecule has 0 amide bonds. The molecule has 3 N–H and O–H groups in total. The molecular weight excluding hydrogens is 222 g/mol. The summed E-state index contributed by atoms with van der Waals surface area (Å²) in [5, 5.41) is 9.68. The molecule has 0 saturated carbocycles. The molecule has 0 bridgehead atoms. The molecule has 1 fully saturated rings. The molecule has 6 nitrogen and oxygen atoms in total. The Morgan fingerprint density at radius 2 is 2.27 bits per heavy atom. The molecule has 0 spiro atoms. The molecule has 7 heteroatoms. The molecule has 0 aromatic carbocycles. The number of esters is 1. The van der Waals surface area contributed by atoms with E-state index in [1.807, 2.05) is 0 Å². The Kier molecular flexibility index (Phi) is 3.37. The van der Waals surface area contributed by atoms with Crippen molar-refractivity contribution in [1.29, 1.82) is 0 Å². The summed E-state index contributed by atoms with van der Waals surface area (Å²) in [6, 6.07) is 0. The summed E-state index contributed by atoms with van der Waals surface area (Å²) in [4.78, 5) is 11.2. The molecule has 1 saturated heterocycles. The number of rotatable bonds is 3. The van der Waals surface area contributed by atoms with Gasteiger partial charge in [0.15, 0.2) is 15.9 Å². The van der Waals surface area contributed by atoms with E-state index in [9.17, 15) is 18.3 Å². The molecule has 1 heterocycles. The Morgan fingerprint density at radius 3 is 2.60 bits per heavy atom. The first-order chi connectivity index (χ1) is 6.87. The number of methoxy groups -OCH3 is 1. The lowest BCUT2D eigenvalue weighted by molar-refractivity contribution is -0.157. The molecule has 1 aliphatic heterocycles. The molecule has 2 unspecified atom stereocenters. The van der Waals surface area contributed by atoms with E-state index in [2.05, 4.69) is 4.74 Å². The van der Waals surface area contributed by atoms with Crippen molar-refractivity contribution in [3.8, 4) is 0 Å². The van der Waals surface area contributed by atoms with E-state index in [0.29, 0.717) is 0 Å². The maximum atomic E-state index is 11.3. The highest BCUT2D eigenvalue weighted by molar-refractivity contribution is 7.91. The van der Waals surface area contributed by atoms with Gasteiger partial charge in [-0.1, -0.05) is 0 Å². The number of hydrogen-bond acceptors (Lipinski definition) is 6. The third-order valence-corrected chi connectivity index (χ3v) is 4.67. The molecular formula is C8H15NO5S. The van der Waals surface area contributed by atoms with Crippen LogP contribution in [0, 0.1) is 5.41 Å². The van der Waals surface area contributed by atoms with Gasteiger partial charge in [-0.05, 0) is 6.42 Å². The second-order valence-electron chi connectivity index (χ2n) is 3.83. The van der Waals surface area contributed by atoms with Gasteiger partial charge in [-0.2, -0.15) is 0 Å². The fourth-order valence-electron chi connectivity index (χ4n) is 1.79. The molecule has 15 heavy (non-hydrogen) atoms. The molecule has 0 aromatic heterocycles. The third kappa shape index (κ3) is 2.30. The van der Waals surface area contributed by atoms with E-state index in [1.165, 1.54) is 0 Å². The van der Waals surface area contributed by atoms with Gasteiger partial charge in [0, 0.05) is 12.0 Å². The van der Waals surface area contributed by atoms with Crippen LogP contribution >= 0.6 is 0 Å². The number of aliphatic hydroxyl groups excluding tert-OH is 1. The van der Waals surface area contributed by atoms with E-state index in [-0.39, 0.29) is 24.5 Å². The van der Waals surface area contributed by atoms with Gasteiger partial charge in [-0.25, -0.2) is 13.2 Å². The highest BCUT2D eigenvalue weighted by atomic mass is 32.2. The topological polar surface area (TPSA) is 107 Å². The van der Waals surface area contributed by atoms with E-state index in [0.717, 1.165) is 7.11 Å². The smallest absolute Gasteiger partial charge is 0.335 e. The maximum Gasteiger partial charge on any atom is 0.335 e.